The third-order valence-electron chi connectivity index (χ3n) is 2.24. The molecule has 0 unspecified atom stereocenters. The van der Waals surface area contributed by atoms with Gasteiger partial charge in [-0.1, -0.05) is 0 Å². The highest BCUT2D eigenvalue weighted by molar-refractivity contribution is 4.97. The molecule has 1 rings (SSSR count). The first-order valence-electron chi connectivity index (χ1n) is 4.04. The topological polar surface area (TPSA) is 93.0 Å². The molecule has 0 saturated carbocycles. The summed E-state index contributed by atoms with van der Waals surface area (Å²) in [5.41, 5.74) is 0. The monoisotopic (exact) mass is 177 g/mol. The Balaban J connectivity index is 2.48. The van der Waals surface area contributed by atoms with Crippen LogP contribution in [0.25, 0.3) is 0 Å². The van der Waals surface area contributed by atoms with Crippen LogP contribution in [0.5, 0.6) is 0 Å². The van der Waals surface area contributed by atoms with Crippen LogP contribution in [0.4, 0.5) is 0 Å². The van der Waals surface area contributed by atoms with Crippen LogP contribution in [0.3, 0.4) is 0 Å². The normalized spacial score (nSPS) is 42.0. The zero-order valence-electron chi connectivity index (χ0n) is 6.72. The van der Waals surface area contributed by atoms with Crippen molar-refractivity contribution in [3.05, 3.63) is 0 Å². The number of hydrogen-bond acceptors (Lipinski definition) is 5. The summed E-state index contributed by atoms with van der Waals surface area (Å²) in [5.74, 6) is 0. The Morgan fingerprint density at radius 2 is 1.58 bits per heavy atom. The van der Waals surface area contributed by atoms with Crippen LogP contribution in [0.15, 0.2) is 0 Å². The molecule has 0 aromatic carbocycles. The fourth-order valence-corrected chi connectivity index (χ4v) is 1.50. The maximum atomic E-state index is 9.36. The molecule has 1 aliphatic heterocycles. The lowest BCUT2D eigenvalue weighted by Gasteiger charge is -2.13. The minimum Gasteiger partial charge on any atom is -0.396 e. The van der Waals surface area contributed by atoms with Crippen molar-refractivity contribution in [2.24, 2.45) is 0 Å². The minimum absolute atomic E-state index is 0.0421. The van der Waals surface area contributed by atoms with Gasteiger partial charge in [0.1, 0.15) is 0 Å². The maximum absolute atomic E-state index is 9.36. The van der Waals surface area contributed by atoms with Crippen LogP contribution in [-0.2, 0) is 0 Å². The molecule has 0 aromatic rings. The molecule has 4 atom stereocenters. The fraction of sp³-hybridized carbons (Fsp3) is 1.00. The van der Waals surface area contributed by atoms with E-state index in [0.717, 1.165) is 0 Å². The third-order valence-corrected chi connectivity index (χ3v) is 2.24. The molecular formula is C7H15NO4. The van der Waals surface area contributed by atoms with Crippen molar-refractivity contribution in [2.45, 2.75) is 30.7 Å². The molecule has 0 aromatic heterocycles. The molecule has 0 amide bonds. The average Bonchev–Trinajstić information content (AvgIpc) is 2.33. The van der Waals surface area contributed by atoms with Crippen LogP contribution in [0.1, 0.15) is 6.42 Å². The lowest BCUT2D eigenvalue weighted by atomic mass is 10.1. The van der Waals surface area contributed by atoms with Crippen LogP contribution in [0.2, 0.25) is 0 Å². The summed E-state index contributed by atoms with van der Waals surface area (Å²) in [6.45, 7) is -0.250. The molecule has 1 fully saturated rings. The van der Waals surface area contributed by atoms with Gasteiger partial charge in [0, 0.05) is 12.6 Å². The largest absolute Gasteiger partial charge is 0.396 e. The van der Waals surface area contributed by atoms with E-state index in [-0.39, 0.29) is 19.3 Å². The van der Waals surface area contributed by atoms with Gasteiger partial charge in [-0.3, -0.25) is 0 Å². The second-order valence-electron chi connectivity index (χ2n) is 3.06. The van der Waals surface area contributed by atoms with Gasteiger partial charge in [0.15, 0.2) is 0 Å². The molecule has 1 saturated heterocycles. The first-order valence-corrected chi connectivity index (χ1v) is 4.04. The van der Waals surface area contributed by atoms with E-state index in [4.69, 9.17) is 10.2 Å². The Morgan fingerprint density at radius 1 is 1.00 bits per heavy atom. The first-order chi connectivity index (χ1) is 5.70. The number of aliphatic hydroxyl groups excluding tert-OH is 4. The molecule has 72 valence electrons. The van der Waals surface area contributed by atoms with Gasteiger partial charge in [-0.25, -0.2) is 0 Å². The van der Waals surface area contributed by atoms with Gasteiger partial charge in [0.25, 0.3) is 0 Å². The molecule has 0 aliphatic carbocycles. The van der Waals surface area contributed by atoms with Gasteiger partial charge in [-0.15, -0.1) is 0 Å². The average molecular weight is 177 g/mol. The Labute approximate surface area is 70.6 Å². The molecular weight excluding hydrogens is 162 g/mol. The number of nitrogens with one attached hydrogen (secondary N) is 1. The minimum atomic E-state index is -0.938. The van der Waals surface area contributed by atoms with Crippen molar-refractivity contribution in [1.82, 2.24) is 5.32 Å². The van der Waals surface area contributed by atoms with Crippen molar-refractivity contribution in [2.75, 3.05) is 13.2 Å². The van der Waals surface area contributed by atoms with Gasteiger partial charge < -0.3 is 25.7 Å². The van der Waals surface area contributed by atoms with Gasteiger partial charge in [0.05, 0.1) is 24.9 Å². The van der Waals surface area contributed by atoms with Crippen molar-refractivity contribution in [3.63, 3.8) is 0 Å². The summed E-state index contributed by atoms with van der Waals surface area (Å²) in [6.07, 6.45) is -1.45. The standard InChI is InChI=1S/C7H15NO4/c9-2-1-4-6(11)7(12)5(3-10)8-4/h4-12H,1-3H2/t4-,5+,6+,7-/m1/s1. The summed E-state index contributed by atoms with van der Waals surface area (Å²) < 4.78 is 0. The van der Waals surface area contributed by atoms with Crippen molar-refractivity contribution >= 4 is 0 Å². The van der Waals surface area contributed by atoms with E-state index in [1.807, 2.05) is 0 Å². The lowest BCUT2D eigenvalue weighted by Crippen LogP contribution is -2.36. The van der Waals surface area contributed by atoms with Gasteiger partial charge in [-0.2, -0.15) is 0 Å². The number of hydrogen-bond donors (Lipinski definition) is 5. The number of aliphatic hydroxyl groups is 4. The SMILES string of the molecule is OCC[C@H]1N[C@@H](CO)[C@@H](O)[C@H]1O. The molecule has 5 heteroatoms. The molecule has 1 aliphatic rings. The van der Waals surface area contributed by atoms with Crippen LogP contribution >= 0.6 is 0 Å². The smallest absolute Gasteiger partial charge is 0.0989 e. The summed E-state index contributed by atoms with van der Waals surface area (Å²) >= 11 is 0. The highest BCUT2D eigenvalue weighted by atomic mass is 16.3. The van der Waals surface area contributed by atoms with Crippen molar-refractivity contribution in [3.8, 4) is 0 Å². The molecule has 0 spiro atoms. The highest BCUT2D eigenvalue weighted by Gasteiger charge is 2.39. The quantitative estimate of drug-likeness (QED) is 0.326. The first kappa shape index (κ1) is 9.88. The molecule has 0 radical (unpaired) electrons. The Hall–Kier alpha value is -0.200. The summed E-state index contributed by atoms with van der Waals surface area (Å²) in [5, 5.41) is 38.8. The summed E-state index contributed by atoms with van der Waals surface area (Å²) in [7, 11) is 0. The van der Waals surface area contributed by atoms with E-state index < -0.39 is 18.2 Å². The molecule has 12 heavy (non-hydrogen) atoms. The van der Waals surface area contributed by atoms with Crippen LogP contribution in [-0.4, -0.2) is 57.9 Å². The van der Waals surface area contributed by atoms with Gasteiger partial charge in [0.2, 0.25) is 0 Å². The Kier molecular flexibility index (Phi) is 3.42. The molecule has 0 bridgehead atoms. The zero-order chi connectivity index (χ0) is 9.14. The second kappa shape index (κ2) is 4.15. The van der Waals surface area contributed by atoms with E-state index >= 15 is 0 Å². The second-order valence-corrected chi connectivity index (χ2v) is 3.06. The predicted octanol–water partition coefficient (Wildman–Crippen LogP) is -2.58. The Bertz CT molecular complexity index is 143. The van der Waals surface area contributed by atoms with E-state index in [0.29, 0.717) is 6.42 Å². The van der Waals surface area contributed by atoms with Gasteiger partial charge in [-0.05, 0) is 6.42 Å². The molecule has 5 nitrogen and oxygen atoms in total. The zero-order valence-corrected chi connectivity index (χ0v) is 6.72. The number of rotatable bonds is 3. The predicted molar refractivity (Wildman–Crippen MR) is 41.5 cm³/mol. The van der Waals surface area contributed by atoms with E-state index in [1.165, 1.54) is 0 Å². The van der Waals surface area contributed by atoms with Crippen LogP contribution < -0.4 is 5.32 Å². The molecule has 5 N–H and O–H groups in total. The Morgan fingerprint density at radius 3 is 2.00 bits per heavy atom. The molecule has 1 heterocycles. The van der Waals surface area contributed by atoms with Crippen LogP contribution in [0, 0.1) is 0 Å². The van der Waals surface area contributed by atoms with Crippen molar-refractivity contribution in [1.29, 1.82) is 0 Å². The van der Waals surface area contributed by atoms with E-state index in [2.05, 4.69) is 5.32 Å². The fourth-order valence-electron chi connectivity index (χ4n) is 1.50. The van der Waals surface area contributed by atoms with Gasteiger partial charge >= 0.3 is 0 Å². The maximum Gasteiger partial charge on any atom is 0.0989 e. The van der Waals surface area contributed by atoms with E-state index in [9.17, 15) is 10.2 Å². The lowest BCUT2D eigenvalue weighted by molar-refractivity contribution is 0.0172. The summed E-state index contributed by atoms with van der Waals surface area (Å²) in [6, 6.07) is -0.793. The summed E-state index contributed by atoms with van der Waals surface area (Å²) in [4.78, 5) is 0. The highest BCUT2D eigenvalue weighted by Crippen LogP contribution is 2.16. The third kappa shape index (κ3) is 1.75. The van der Waals surface area contributed by atoms with Crippen molar-refractivity contribution < 1.29 is 20.4 Å². The van der Waals surface area contributed by atoms with E-state index in [1.54, 1.807) is 0 Å².